The Bertz CT molecular complexity index is 461. The van der Waals surface area contributed by atoms with E-state index < -0.39 is 5.54 Å². The van der Waals surface area contributed by atoms with Gasteiger partial charge in [0.15, 0.2) is 0 Å². The Morgan fingerprint density at radius 3 is 3.12 bits per heavy atom. The minimum atomic E-state index is -0.524. The fourth-order valence-corrected chi connectivity index (χ4v) is 2.64. The highest BCUT2D eigenvalue weighted by atomic mass is 79.9. The monoisotopic (exact) mass is 276 g/mol. The largest absolute Gasteiger partial charge is 0.292 e. The summed E-state index contributed by atoms with van der Waals surface area (Å²) in [5.41, 5.74) is 1.84. The second-order valence-electron chi connectivity index (χ2n) is 3.99. The van der Waals surface area contributed by atoms with Crippen LogP contribution in [0.1, 0.15) is 17.5 Å². The van der Waals surface area contributed by atoms with Crippen molar-refractivity contribution in [3.05, 3.63) is 46.5 Å². The lowest BCUT2D eigenvalue weighted by molar-refractivity contribution is 0.447. The molecule has 1 atom stereocenters. The highest BCUT2D eigenvalue weighted by molar-refractivity contribution is 9.10. The van der Waals surface area contributed by atoms with Gasteiger partial charge in [0.1, 0.15) is 5.54 Å². The van der Waals surface area contributed by atoms with Gasteiger partial charge in [0.05, 0.1) is 6.07 Å². The predicted octanol–water partition coefficient (Wildman–Crippen LogP) is 2.89. The predicted molar refractivity (Wildman–Crippen MR) is 68.0 cm³/mol. The molecule has 0 spiro atoms. The topological polar surface area (TPSA) is 35.8 Å². The average molecular weight is 277 g/mol. The lowest BCUT2D eigenvalue weighted by Crippen LogP contribution is -2.39. The summed E-state index contributed by atoms with van der Waals surface area (Å²) in [4.78, 5) is 0. The maximum Gasteiger partial charge on any atom is 0.133 e. The van der Waals surface area contributed by atoms with Crippen LogP contribution in [0.2, 0.25) is 0 Å². The molecule has 1 unspecified atom stereocenters. The van der Waals surface area contributed by atoms with Crippen molar-refractivity contribution < 1.29 is 0 Å². The lowest BCUT2D eigenvalue weighted by Gasteiger charge is -2.23. The molecule has 0 saturated heterocycles. The van der Waals surface area contributed by atoms with E-state index >= 15 is 0 Å². The molecule has 2 rings (SSSR count). The summed E-state index contributed by atoms with van der Waals surface area (Å²) in [6.45, 7) is 4.33. The van der Waals surface area contributed by atoms with Gasteiger partial charge in [0, 0.05) is 11.0 Å². The van der Waals surface area contributed by atoms with Crippen LogP contribution in [0.3, 0.4) is 0 Å². The van der Waals surface area contributed by atoms with E-state index in [2.05, 4.69) is 40.0 Å². The third kappa shape index (κ3) is 1.79. The summed E-state index contributed by atoms with van der Waals surface area (Å²) in [7, 11) is 0. The zero-order chi connectivity index (χ0) is 11.6. The number of nitrogens with one attached hydrogen (secondary N) is 1. The molecule has 1 aromatic carbocycles. The molecule has 0 bridgehead atoms. The van der Waals surface area contributed by atoms with Crippen LogP contribution in [0.15, 0.2) is 35.3 Å². The normalized spacial score (nSPS) is 22.5. The van der Waals surface area contributed by atoms with E-state index in [1.165, 1.54) is 5.56 Å². The standard InChI is InChI=1S/C13H13BrN2/c1-2-7-16-13(9-15)6-5-10-8-11(14)3-4-12(10)13/h2-4,8,16H,1,5-7H2. The first-order valence-electron chi connectivity index (χ1n) is 5.28. The van der Waals surface area contributed by atoms with Gasteiger partial charge in [-0.05, 0) is 36.1 Å². The number of halogens is 1. The molecule has 0 radical (unpaired) electrons. The summed E-state index contributed by atoms with van der Waals surface area (Å²) in [5, 5.41) is 12.7. The molecule has 0 fully saturated rings. The van der Waals surface area contributed by atoms with E-state index in [0.29, 0.717) is 6.54 Å². The van der Waals surface area contributed by atoms with Crippen LogP contribution >= 0.6 is 15.9 Å². The van der Waals surface area contributed by atoms with Crippen LogP contribution < -0.4 is 5.32 Å². The summed E-state index contributed by atoms with van der Waals surface area (Å²) < 4.78 is 1.07. The van der Waals surface area contributed by atoms with Crippen molar-refractivity contribution >= 4 is 15.9 Å². The molecule has 0 amide bonds. The molecular weight excluding hydrogens is 264 g/mol. The van der Waals surface area contributed by atoms with Gasteiger partial charge in [-0.1, -0.05) is 28.1 Å². The van der Waals surface area contributed by atoms with Crippen molar-refractivity contribution in [1.82, 2.24) is 5.32 Å². The molecule has 1 aromatic rings. The van der Waals surface area contributed by atoms with E-state index in [-0.39, 0.29) is 0 Å². The lowest BCUT2D eigenvalue weighted by atomic mass is 9.93. The number of benzene rings is 1. The molecule has 1 aliphatic carbocycles. The number of hydrogen-bond donors (Lipinski definition) is 1. The number of aryl methyl sites for hydroxylation is 1. The van der Waals surface area contributed by atoms with Crippen LogP contribution in [0, 0.1) is 11.3 Å². The van der Waals surface area contributed by atoms with Crippen LogP contribution in [0.4, 0.5) is 0 Å². The van der Waals surface area contributed by atoms with Gasteiger partial charge < -0.3 is 0 Å². The van der Waals surface area contributed by atoms with Gasteiger partial charge in [-0.3, -0.25) is 5.32 Å². The molecular formula is C13H13BrN2. The van der Waals surface area contributed by atoms with Gasteiger partial charge in [0.2, 0.25) is 0 Å². The van der Waals surface area contributed by atoms with Crippen LogP contribution in [-0.2, 0) is 12.0 Å². The van der Waals surface area contributed by atoms with Crippen LogP contribution in [0.5, 0.6) is 0 Å². The van der Waals surface area contributed by atoms with Crippen molar-refractivity contribution in [2.24, 2.45) is 0 Å². The smallest absolute Gasteiger partial charge is 0.133 e. The number of rotatable bonds is 3. The van der Waals surface area contributed by atoms with Crippen LogP contribution in [-0.4, -0.2) is 6.54 Å². The van der Waals surface area contributed by atoms with E-state index in [4.69, 9.17) is 0 Å². The fourth-order valence-electron chi connectivity index (χ4n) is 2.23. The molecule has 0 aliphatic heterocycles. The first-order valence-corrected chi connectivity index (χ1v) is 6.07. The SMILES string of the molecule is C=CCNC1(C#N)CCc2cc(Br)ccc21. The zero-order valence-corrected chi connectivity index (χ0v) is 10.5. The van der Waals surface area contributed by atoms with E-state index in [0.717, 1.165) is 22.9 Å². The highest BCUT2D eigenvalue weighted by Crippen LogP contribution is 2.37. The zero-order valence-electron chi connectivity index (χ0n) is 8.96. The average Bonchev–Trinajstić information content (AvgIpc) is 2.65. The summed E-state index contributed by atoms with van der Waals surface area (Å²) in [6, 6.07) is 8.54. The summed E-state index contributed by atoms with van der Waals surface area (Å²) in [5.74, 6) is 0. The molecule has 0 aromatic heterocycles. The fraction of sp³-hybridized carbons (Fsp3) is 0.308. The summed E-state index contributed by atoms with van der Waals surface area (Å²) >= 11 is 3.46. The highest BCUT2D eigenvalue weighted by Gasteiger charge is 2.38. The second kappa shape index (κ2) is 4.40. The molecule has 0 saturated carbocycles. The van der Waals surface area contributed by atoms with Gasteiger partial charge in [-0.15, -0.1) is 6.58 Å². The van der Waals surface area contributed by atoms with E-state index in [9.17, 15) is 5.26 Å². The Hall–Kier alpha value is -1.11. The molecule has 82 valence electrons. The third-order valence-corrected chi connectivity index (χ3v) is 3.53. The number of hydrogen-bond acceptors (Lipinski definition) is 2. The molecule has 1 N–H and O–H groups in total. The van der Waals surface area contributed by atoms with Crippen molar-refractivity contribution in [3.63, 3.8) is 0 Å². The van der Waals surface area contributed by atoms with Crippen molar-refractivity contribution in [1.29, 1.82) is 5.26 Å². The van der Waals surface area contributed by atoms with Gasteiger partial charge >= 0.3 is 0 Å². The van der Waals surface area contributed by atoms with Crippen molar-refractivity contribution in [3.8, 4) is 6.07 Å². The first-order chi connectivity index (χ1) is 7.72. The molecule has 2 nitrogen and oxygen atoms in total. The molecule has 0 heterocycles. The van der Waals surface area contributed by atoms with Gasteiger partial charge in [-0.25, -0.2) is 0 Å². The van der Waals surface area contributed by atoms with Gasteiger partial charge in [-0.2, -0.15) is 5.26 Å². The minimum Gasteiger partial charge on any atom is -0.292 e. The third-order valence-electron chi connectivity index (χ3n) is 3.04. The van der Waals surface area contributed by atoms with Crippen molar-refractivity contribution in [2.75, 3.05) is 6.54 Å². The maximum atomic E-state index is 9.40. The minimum absolute atomic E-state index is 0.524. The number of fused-ring (bicyclic) bond motifs is 1. The van der Waals surface area contributed by atoms with Gasteiger partial charge in [0.25, 0.3) is 0 Å². The van der Waals surface area contributed by atoms with Crippen LogP contribution in [0.25, 0.3) is 0 Å². The quantitative estimate of drug-likeness (QED) is 0.862. The summed E-state index contributed by atoms with van der Waals surface area (Å²) in [6.07, 6.45) is 3.57. The Kier molecular flexibility index (Phi) is 3.13. The van der Waals surface area contributed by atoms with E-state index in [1.54, 1.807) is 6.08 Å². The Morgan fingerprint density at radius 1 is 1.62 bits per heavy atom. The Labute approximate surface area is 104 Å². The molecule has 3 heteroatoms. The molecule has 1 aliphatic rings. The number of nitriles is 1. The first kappa shape index (κ1) is 11.4. The Balaban J connectivity index is 2.40. The van der Waals surface area contributed by atoms with E-state index in [1.807, 2.05) is 12.1 Å². The maximum absolute atomic E-state index is 9.40. The second-order valence-corrected chi connectivity index (χ2v) is 4.90. The van der Waals surface area contributed by atoms with Crippen molar-refractivity contribution in [2.45, 2.75) is 18.4 Å². The molecule has 16 heavy (non-hydrogen) atoms. The number of nitrogens with zero attached hydrogens (tertiary/aromatic N) is 1. The Morgan fingerprint density at radius 2 is 2.44 bits per heavy atom.